The van der Waals surface area contributed by atoms with Gasteiger partial charge in [0.05, 0.1) is 0 Å². The molecule has 1 aromatic heterocycles. The molecule has 7 aromatic carbocycles. The van der Waals surface area contributed by atoms with E-state index in [9.17, 15) is 0 Å². The van der Waals surface area contributed by atoms with E-state index in [1.54, 1.807) is 0 Å². The van der Waals surface area contributed by atoms with Crippen molar-refractivity contribution in [2.45, 2.75) is 0 Å². The van der Waals surface area contributed by atoms with Gasteiger partial charge in [-0.3, -0.25) is 0 Å². The molecule has 44 heavy (non-hydrogen) atoms. The number of hydrogen-bond donors (Lipinski definition) is 1. The minimum atomic E-state index is 1.06. The monoisotopic (exact) mass is 579 g/mol. The van der Waals surface area contributed by atoms with Crippen molar-refractivity contribution in [3.8, 4) is 44.5 Å². The molecule has 1 nitrogen and oxygen atoms in total. The van der Waals surface area contributed by atoms with Crippen molar-refractivity contribution in [3.63, 3.8) is 0 Å². The van der Waals surface area contributed by atoms with Crippen molar-refractivity contribution >= 4 is 42.9 Å². The van der Waals surface area contributed by atoms with Crippen LogP contribution in [0.5, 0.6) is 0 Å². The maximum Gasteiger partial charge on any atom is 0.0384 e. The number of thiophene rings is 1. The molecule has 1 heterocycles. The van der Waals surface area contributed by atoms with Crippen LogP contribution in [0.15, 0.2) is 170 Å². The molecule has 0 unspecified atom stereocenters. The van der Waals surface area contributed by atoms with Gasteiger partial charge >= 0.3 is 0 Å². The first-order chi connectivity index (χ1) is 21.8. The molecule has 208 valence electrons. The Balaban J connectivity index is 1.05. The van der Waals surface area contributed by atoms with Crippen LogP contribution in [0.4, 0.5) is 11.4 Å². The van der Waals surface area contributed by atoms with E-state index in [2.05, 4.69) is 175 Å². The third kappa shape index (κ3) is 5.17. The molecule has 0 amide bonds. The second-order valence-electron chi connectivity index (χ2n) is 11.1. The third-order valence-corrected chi connectivity index (χ3v) is 9.40. The molecular weight excluding hydrogens is 551 g/mol. The van der Waals surface area contributed by atoms with Crippen molar-refractivity contribution in [1.29, 1.82) is 0 Å². The summed E-state index contributed by atoms with van der Waals surface area (Å²) in [6.45, 7) is 0. The first-order valence-electron chi connectivity index (χ1n) is 14.9. The zero-order chi connectivity index (χ0) is 29.3. The number of anilines is 2. The van der Waals surface area contributed by atoms with E-state index < -0.39 is 0 Å². The van der Waals surface area contributed by atoms with Gasteiger partial charge in [0.15, 0.2) is 0 Å². The van der Waals surface area contributed by atoms with Gasteiger partial charge in [-0.15, -0.1) is 11.3 Å². The molecule has 0 fully saturated rings. The number of benzene rings is 7. The Kier molecular flexibility index (Phi) is 6.75. The van der Waals surface area contributed by atoms with Gasteiger partial charge in [-0.1, -0.05) is 109 Å². The van der Waals surface area contributed by atoms with Gasteiger partial charge in [0.2, 0.25) is 0 Å². The van der Waals surface area contributed by atoms with Crippen LogP contribution < -0.4 is 5.32 Å². The summed E-state index contributed by atoms with van der Waals surface area (Å²) in [5.41, 5.74) is 11.9. The van der Waals surface area contributed by atoms with Gasteiger partial charge in [0.1, 0.15) is 0 Å². The molecule has 2 heteroatoms. The number of rotatable bonds is 6. The lowest BCUT2D eigenvalue weighted by atomic mass is 9.93. The number of nitrogens with one attached hydrogen (secondary N) is 1. The smallest absolute Gasteiger partial charge is 0.0384 e. The van der Waals surface area contributed by atoms with Crippen molar-refractivity contribution < 1.29 is 0 Å². The average molecular weight is 580 g/mol. The van der Waals surface area contributed by atoms with E-state index >= 15 is 0 Å². The lowest BCUT2D eigenvalue weighted by Gasteiger charge is -2.12. The number of hydrogen-bond acceptors (Lipinski definition) is 2. The Morgan fingerprint density at radius 2 is 0.727 bits per heavy atom. The molecule has 8 rings (SSSR count). The molecular formula is C42H29NS. The SMILES string of the molecule is c1ccc(-c2cc(-c3ccccc3)cc(-c3ccc(Nc4ccc(-c5ccc6sc7ccccc7c6c5)cc4)cc3)c2)cc1. The van der Waals surface area contributed by atoms with E-state index in [0.717, 1.165) is 11.4 Å². The molecule has 0 atom stereocenters. The molecule has 0 aliphatic rings. The van der Waals surface area contributed by atoms with E-state index in [-0.39, 0.29) is 0 Å². The lowest BCUT2D eigenvalue weighted by Crippen LogP contribution is -1.91. The second kappa shape index (κ2) is 11.3. The predicted molar refractivity (Wildman–Crippen MR) is 191 cm³/mol. The molecule has 0 aliphatic carbocycles. The summed E-state index contributed by atoms with van der Waals surface area (Å²) in [7, 11) is 0. The molecule has 0 saturated carbocycles. The fraction of sp³-hybridized carbons (Fsp3) is 0. The highest BCUT2D eigenvalue weighted by molar-refractivity contribution is 7.25. The first kappa shape index (κ1) is 26.2. The minimum absolute atomic E-state index is 1.06. The topological polar surface area (TPSA) is 12.0 Å². The Hall–Kier alpha value is -5.44. The lowest BCUT2D eigenvalue weighted by molar-refractivity contribution is 1.53. The van der Waals surface area contributed by atoms with Crippen LogP contribution in [0.3, 0.4) is 0 Å². The van der Waals surface area contributed by atoms with E-state index in [0.29, 0.717) is 0 Å². The largest absolute Gasteiger partial charge is 0.356 e. The molecule has 0 saturated heterocycles. The molecule has 0 aliphatic heterocycles. The first-order valence-corrected chi connectivity index (χ1v) is 15.7. The van der Waals surface area contributed by atoms with Crippen LogP contribution in [0.1, 0.15) is 0 Å². The average Bonchev–Trinajstić information content (AvgIpc) is 3.48. The van der Waals surface area contributed by atoms with Crippen LogP contribution in [0, 0.1) is 0 Å². The Morgan fingerprint density at radius 1 is 0.295 bits per heavy atom. The van der Waals surface area contributed by atoms with Crippen LogP contribution in [-0.2, 0) is 0 Å². The highest BCUT2D eigenvalue weighted by Gasteiger charge is 2.09. The summed E-state index contributed by atoms with van der Waals surface area (Å²) in [6, 6.07) is 61.0. The zero-order valence-corrected chi connectivity index (χ0v) is 24.9. The van der Waals surface area contributed by atoms with Crippen molar-refractivity contribution in [2.24, 2.45) is 0 Å². The van der Waals surface area contributed by atoms with E-state index in [1.807, 2.05) is 11.3 Å². The minimum Gasteiger partial charge on any atom is -0.356 e. The summed E-state index contributed by atoms with van der Waals surface area (Å²) in [6.07, 6.45) is 0. The second-order valence-corrected chi connectivity index (χ2v) is 12.2. The summed E-state index contributed by atoms with van der Waals surface area (Å²) in [5.74, 6) is 0. The van der Waals surface area contributed by atoms with Crippen molar-refractivity contribution in [2.75, 3.05) is 5.32 Å². The fourth-order valence-electron chi connectivity index (χ4n) is 5.95. The summed E-state index contributed by atoms with van der Waals surface area (Å²) < 4.78 is 2.67. The molecule has 0 bridgehead atoms. The van der Waals surface area contributed by atoms with Gasteiger partial charge < -0.3 is 5.32 Å². The van der Waals surface area contributed by atoms with Crippen LogP contribution in [0.25, 0.3) is 64.7 Å². The van der Waals surface area contributed by atoms with Crippen LogP contribution in [-0.4, -0.2) is 0 Å². The molecule has 1 N–H and O–H groups in total. The van der Waals surface area contributed by atoms with Crippen LogP contribution in [0.2, 0.25) is 0 Å². The van der Waals surface area contributed by atoms with Gasteiger partial charge in [0, 0.05) is 31.5 Å². The fourth-order valence-corrected chi connectivity index (χ4v) is 7.04. The number of fused-ring (bicyclic) bond motifs is 3. The third-order valence-electron chi connectivity index (χ3n) is 8.25. The summed E-state index contributed by atoms with van der Waals surface area (Å²) >= 11 is 1.86. The zero-order valence-electron chi connectivity index (χ0n) is 24.1. The molecule has 0 spiro atoms. The van der Waals surface area contributed by atoms with Crippen molar-refractivity contribution in [1.82, 2.24) is 0 Å². The molecule has 0 radical (unpaired) electrons. The van der Waals surface area contributed by atoms with E-state index in [1.165, 1.54) is 64.7 Å². The maximum atomic E-state index is 3.59. The van der Waals surface area contributed by atoms with Gasteiger partial charge in [0.25, 0.3) is 0 Å². The quantitative estimate of drug-likeness (QED) is 0.207. The Bertz CT molecular complexity index is 2150. The van der Waals surface area contributed by atoms with Crippen molar-refractivity contribution in [3.05, 3.63) is 170 Å². The predicted octanol–water partition coefficient (Wildman–Crippen LogP) is 12.5. The maximum absolute atomic E-state index is 3.59. The highest BCUT2D eigenvalue weighted by Crippen LogP contribution is 2.37. The summed E-state index contributed by atoms with van der Waals surface area (Å²) in [4.78, 5) is 0. The standard InChI is InChI=1S/C42H29NS/c1-3-9-29(10-4-1)34-25-35(30-11-5-2-6-12-30)27-36(26-34)32-17-22-38(23-18-32)43-37-20-15-31(16-21-37)33-19-24-42-40(28-33)39-13-7-8-14-41(39)44-42/h1-28,43H. The Morgan fingerprint density at radius 3 is 1.30 bits per heavy atom. The normalized spacial score (nSPS) is 11.2. The van der Waals surface area contributed by atoms with E-state index in [4.69, 9.17) is 0 Å². The highest BCUT2D eigenvalue weighted by atomic mass is 32.1. The van der Waals surface area contributed by atoms with Gasteiger partial charge in [-0.05, 0) is 105 Å². The summed E-state index contributed by atoms with van der Waals surface area (Å²) in [5, 5.41) is 6.25. The molecule has 8 aromatic rings. The van der Waals surface area contributed by atoms with Gasteiger partial charge in [-0.2, -0.15) is 0 Å². The van der Waals surface area contributed by atoms with Crippen LogP contribution >= 0.6 is 11.3 Å². The Labute approximate surface area is 261 Å². The van der Waals surface area contributed by atoms with Gasteiger partial charge in [-0.25, -0.2) is 0 Å².